The Bertz CT molecular complexity index is 1190. The molecule has 1 amide bonds. The topological polar surface area (TPSA) is 73.3 Å². The maximum Gasteiger partial charge on any atom is 0.573 e. The van der Waals surface area contributed by atoms with Crippen LogP contribution in [-0.4, -0.2) is 22.2 Å². The average Bonchev–Trinajstić information content (AvgIpc) is 2.68. The fourth-order valence-electron chi connectivity index (χ4n) is 2.40. The Morgan fingerprint density at radius 3 is 2.33 bits per heavy atom. The third-order valence-electron chi connectivity index (χ3n) is 3.75. The number of amides is 1. The number of carbonyl (C=O) groups is 1. The zero-order valence-electron chi connectivity index (χ0n) is 15.8. The lowest BCUT2D eigenvalue weighted by atomic mass is 10.1. The first-order valence-corrected chi connectivity index (χ1v) is 8.93. The molecule has 0 saturated heterocycles. The van der Waals surface area contributed by atoms with E-state index in [1.807, 2.05) is 0 Å². The van der Waals surface area contributed by atoms with Gasteiger partial charge in [0.25, 0.3) is 5.91 Å². The summed E-state index contributed by atoms with van der Waals surface area (Å²) in [7, 11) is 0. The number of carbonyl (C=O) groups excluding carboxylic acids is 1. The summed E-state index contributed by atoms with van der Waals surface area (Å²) in [5, 5.41) is 1.75. The maximum absolute atomic E-state index is 13.2. The fourth-order valence-corrected chi connectivity index (χ4v) is 2.60. The van der Waals surface area contributed by atoms with Gasteiger partial charge in [0.15, 0.2) is 0 Å². The molecular formula is C19H9ClF7N3O3. The molecule has 174 valence electrons. The Morgan fingerprint density at radius 2 is 1.73 bits per heavy atom. The smallest absolute Gasteiger partial charge is 0.437 e. The van der Waals surface area contributed by atoms with E-state index in [0.29, 0.717) is 12.3 Å². The normalized spacial score (nSPS) is 11.8. The van der Waals surface area contributed by atoms with Crippen molar-refractivity contribution in [2.75, 3.05) is 5.32 Å². The van der Waals surface area contributed by atoms with Gasteiger partial charge in [0.05, 0.1) is 10.6 Å². The van der Waals surface area contributed by atoms with Crippen molar-refractivity contribution in [2.45, 2.75) is 12.5 Å². The molecule has 0 bridgehead atoms. The third kappa shape index (κ3) is 6.44. The van der Waals surface area contributed by atoms with Gasteiger partial charge >= 0.3 is 12.5 Å². The Morgan fingerprint density at radius 1 is 1.00 bits per heavy atom. The number of benzene rings is 1. The van der Waals surface area contributed by atoms with Gasteiger partial charge in [-0.2, -0.15) is 17.6 Å². The summed E-state index contributed by atoms with van der Waals surface area (Å²) in [4.78, 5) is 19.4. The summed E-state index contributed by atoms with van der Waals surface area (Å²) in [6, 6.07) is 4.94. The second-order valence-electron chi connectivity index (χ2n) is 6.14. The molecule has 3 rings (SSSR count). The van der Waals surface area contributed by atoms with Crippen LogP contribution >= 0.6 is 11.6 Å². The van der Waals surface area contributed by atoms with Gasteiger partial charge in [0.2, 0.25) is 11.8 Å². The van der Waals surface area contributed by atoms with E-state index >= 15 is 0 Å². The summed E-state index contributed by atoms with van der Waals surface area (Å²) >= 11 is 5.86. The zero-order chi connectivity index (χ0) is 24.4. The van der Waals surface area contributed by atoms with E-state index in [1.54, 1.807) is 0 Å². The summed E-state index contributed by atoms with van der Waals surface area (Å²) < 4.78 is 98.6. The van der Waals surface area contributed by atoms with Gasteiger partial charge in [0.1, 0.15) is 17.1 Å². The molecule has 0 aliphatic carbocycles. The first-order chi connectivity index (χ1) is 15.3. The highest BCUT2D eigenvalue weighted by Gasteiger charge is 2.33. The molecule has 3 aromatic rings. The number of anilines is 1. The Balaban J connectivity index is 1.95. The SMILES string of the molecule is O=C(Nc1ccnc(F)c1)c1cc(C(F)(F)F)cnc1Oc1ccc(OC(F)(F)F)cc1Cl. The molecule has 1 N–H and O–H groups in total. The fraction of sp³-hybridized carbons (Fsp3) is 0.105. The van der Waals surface area contributed by atoms with Crippen LogP contribution in [0.4, 0.5) is 36.4 Å². The molecular weight excluding hydrogens is 487 g/mol. The van der Waals surface area contributed by atoms with E-state index in [2.05, 4.69) is 20.0 Å². The molecule has 0 fully saturated rings. The summed E-state index contributed by atoms with van der Waals surface area (Å²) in [6.07, 6.45) is -8.46. The largest absolute Gasteiger partial charge is 0.573 e. The van der Waals surface area contributed by atoms with Gasteiger partial charge in [0, 0.05) is 30.2 Å². The van der Waals surface area contributed by atoms with Crippen LogP contribution in [0, 0.1) is 5.95 Å². The minimum Gasteiger partial charge on any atom is -0.437 e. The van der Waals surface area contributed by atoms with Crippen LogP contribution in [0.1, 0.15) is 15.9 Å². The number of aromatic nitrogens is 2. The van der Waals surface area contributed by atoms with Crippen LogP contribution in [0.5, 0.6) is 17.4 Å². The third-order valence-corrected chi connectivity index (χ3v) is 4.05. The quantitative estimate of drug-likeness (QED) is 0.335. The number of pyridine rings is 2. The number of halogens is 8. The van der Waals surface area contributed by atoms with E-state index in [-0.39, 0.29) is 11.4 Å². The highest BCUT2D eigenvalue weighted by molar-refractivity contribution is 6.32. The molecule has 0 aliphatic rings. The van der Waals surface area contributed by atoms with Crippen LogP contribution in [0.3, 0.4) is 0 Å². The van der Waals surface area contributed by atoms with Crippen molar-refractivity contribution >= 4 is 23.2 Å². The molecule has 0 atom stereocenters. The molecule has 2 aromatic heterocycles. The van der Waals surface area contributed by atoms with E-state index in [9.17, 15) is 35.5 Å². The van der Waals surface area contributed by atoms with E-state index in [4.69, 9.17) is 16.3 Å². The number of rotatable bonds is 5. The second-order valence-corrected chi connectivity index (χ2v) is 6.55. The van der Waals surface area contributed by atoms with Gasteiger partial charge in [-0.05, 0) is 24.3 Å². The number of ether oxygens (including phenoxy) is 2. The minimum atomic E-state index is -4.99. The lowest BCUT2D eigenvalue weighted by Gasteiger charge is -2.15. The van der Waals surface area contributed by atoms with Crippen molar-refractivity contribution in [2.24, 2.45) is 0 Å². The lowest BCUT2D eigenvalue weighted by molar-refractivity contribution is -0.274. The molecule has 0 aliphatic heterocycles. The molecule has 1 aromatic carbocycles. The summed E-state index contributed by atoms with van der Waals surface area (Å²) in [5.74, 6) is -3.77. The van der Waals surface area contributed by atoms with Gasteiger partial charge in [-0.15, -0.1) is 13.2 Å². The average molecular weight is 496 g/mol. The Hall–Kier alpha value is -3.61. The number of hydrogen-bond donors (Lipinski definition) is 1. The van der Waals surface area contributed by atoms with Crippen molar-refractivity contribution in [1.82, 2.24) is 9.97 Å². The van der Waals surface area contributed by atoms with E-state index < -0.39 is 52.2 Å². The first kappa shape index (κ1) is 24.0. The van der Waals surface area contributed by atoms with Crippen LogP contribution in [0.2, 0.25) is 5.02 Å². The maximum atomic E-state index is 13.2. The molecule has 14 heteroatoms. The molecule has 0 saturated carbocycles. The highest BCUT2D eigenvalue weighted by Crippen LogP contribution is 2.37. The number of nitrogens with zero attached hydrogens (tertiary/aromatic N) is 2. The predicted molar refractivity (Wildman–Crippen MR) is 99.6 cm³/mol. The van der Waals surface area contributed by atoms with Crippen LogP contribution < -0.4 is 14.8 Å². The van der Waals surface area contributed by atoms with E-state index in [0.717, 1.165) is 30.5 Å². The molecule has 2 heterocycles. The molecule has 0 unspecified atom stereocenters. The second kappa shape index (κ2) is 9.10. The van der Waals surface area contributed by atoms with Crippen LogP contribution in [-0.2, 0) is 6.18 Å². The molecule has 6 nitrogen and oxygen atoms in total. The molecule has 33 heavy (non-hydrogen) atoms. The van der Waals surface area contributed by atoms with Crippen molar-refractivity contribution < 1.29 is 45.0 Å². The molecule has 0 spiro atoms. The predicted octanol–water partition coefficient (Wildman–Crippen LogP) is 6.23. The zero-order valence-corrected chi connectivity index (χ0v) is 16.5. The van der Waals surface area contributed by atoms with E-state index in [1.165, 1.54) is 6.07 Å². The van der Waals surface area contributed by atoms with Crippen LogP contribution in [0.15, 0.2) is 48.8 Å². The monoisotopic (exact) mass is 495 g/mol. The Labute approximate surface area is 184 Å². The van der Waals surface area contributed by atoms with Gasteiger partial charge < -0.3 is 14.8 Å². The Kier molecular flexibility index (Phi) is 6.63. The van der Waals surface area contributed by atoms with Gasteiger partial charge in [-0.25, -0.2) is 9.97 Å². The molecule has 0 radical (unpaired) electrons. The van der Waals surface area contributed by atoms with Crippen LogP contribution in [0.25, 0.3) is 0 Å². The van der Waals surface area contributed by atoms with Gasteiger partial charge in [-0.3, -0.25) is 4.79 Å². The summed E-state index contributed by atoms with van der Waals surface area (Å²) in [6.45, 7) is 0. The van der Waals surface area contributed by atoms with Crippen molar-refractivity contribution in [3.05, 3.63) is 70.9 Å². The van der Waals surface area contributed by atoms with Crippen molar-refractivity contribution in [3.63, 3.8) is 0 Å². The standard InChI is InChI=1S/C19H9ClF7N3O3/c20-13-7-11(33-19(25,26)27)1-2-14(13)32-17-12(5-9(8-29-17)18(22,23)24)16(31)30-10-3-4-28-15(21)6-10/h1-8H,(H,28,30,31). The first-order valence-electron chi connectivity index (χ1n) is 8.55. The van der Waals surface area contributed by atoms with Gasteiger partial charge in [-0.1, -0.05) is 11.6 Å². The number of nitrogens with one attached hydrogen (secondary N) is 1. The summed E-state index contributed by atoms with van der Waals surface area (Å²) in [5.41, 5.74) is -2.13. The highest BCUT2D eigenvalue weighted by atomic mass is 35.5. The van der Waals surface area contributed by atoms with Crippen molar-refractivity contribution in [3.8, 4) is 17.4 Å². The number of hydrogen-bond acceptors (Lipinski definition) is 5. The van der Waals surface area contributed by atoms with Crippen molar-refractivity contribution in [1.29, 1.82) is 0 Å². The lowest BCUT2D eigenvalue weighted by Crippen LogP contribution is -2.17. The number of alkyl halides is 6. The minimum absolute atomic E-state index is 0.123.